The molecular weight excluding hydrogens is 222 g/mol. The Morgan fingerprint density at radius 1 is 1.17 bits per heavy atom. The molecule has 1 fully saturated rings. The summed E-state index contributed by atoms with van der Waals surface area (Å²) in [6, 6.07) is 9.53. The molecule has 1 aliphatic carbocycles. The first-order valence-corrected chi connectivity index (χ1v) is 6.87. The van der Waals surface area contributed by atoms with E-state index in [4.69, 9.17) is 5.73 Å². The van der Waals surface area contributed by atoms with Gasteiger partial charge < -0.3 is 16.0 Å². The first-order valence-electron chi connectivity index (χ1n) is 6.87. The van der Waals surface area contributed by atoms with Gasteiger partial charge in [0.15, 0.2) is 0 Å². The summed E-state index contributed by atoms with van der Waals surface area (Å²) in [6.07, 6.45) is 6.86. The quantitative estimate of drug-likeness (QED) is 0.776. The molecule has 96 valence electrons. The molecular formula is C15H21N3. The summed E-state index contributed by atoms with van der Waals surface area (Å²) in [7, 11) is 0. The molecule has 1 aromatic heterocycles. The highest BCUT2D eigenvalue weighted by molar-refractivity contribution is 5.82. The van der Waals surface area contributed by atoms with E-state index in [0.29, 0.717) is 12.1 Å². The van der Waals surface area contributed by atoms with Gasteiger partial charge in [0.05, 0.1) is 0 Å². The van der Waals surface area contributed by atoms with Crippen molar-refractivity contribution >= 4 is 10.9 Å². The third kappa shape index (κ3) is 2.42. The van der Waals surface area contributed by atoms with Crippen LogP contribution in [0.2, 0.25) is 0 Å². The number of hydrogen-bond donors (Lipinski definition) is 3. The molecule has 3 heteroatoms. The predicted molar refractivity (Wildman–Crippen MR) is 75.4 cm³/mol. The number of benzene rings is 1. The van der Waals surface area contributed by atoms with Gasteiger partial charge in [0.1, 0.15) is 0 Å². The molecule has 18 heavy (non-hydrogen) atoms. The average Bonchev–Trinajstić information content (AvgIpc) is 2.82. The molecule has 0 aliphatic heterocycles. The molecule has 1 saturated carbocycles. The van der Waals surface area contributed by atoms with Crippen LogP contribution in [-0.4, -0.2) is 17.1 Å². The Bertz CT molecular complexity index is 509. The number of hydrogen-bond acceptors (Lipinski definition) is 2. The van der Waals surface area contributed by atoms with Gasteiger partial charge in [-0.25, -0.2) is 0 Å². The zero-order chi connectivity index (χ0) is 12.4. The molecule has 1 aliphatic rings. The Balaban J connectivity index is 1.63. The van der Waals surface area contributed by atoms with E-state index in [1.807, 2.05) is 0 Å². The first kappa shape index (κ1) is 11.8. The minimum Gasteiger partial charge on any atom is -0.361 e. The maximum absolute atomic E-state index is 5.93. The van der Waals surface area contributed by atoms with Gasteiger partial charge in [-0.05, 0) is 37.3 Å². The Kier molecular flexibility index (Phi) is 3.35. The zero-order valence-electron chi connectivity index (χ0n) is 10.7. The molecule has 0 atom stereocenters. The number of fused-ring (bicyclic) bond motifs is 1. The van der Waals surface area contributed by atoms with Gasteiger partial charge in [-0.1, -0.05) is 18.2 Å². The molecule has 0 radical (unpaired) electrons. The lowest BCUT2D eigenvalue weighted by atomic mass is 9.92. The minimum atomic E-state index is 0.427. The van der Waals surface area contributed by atoms with Crippen molar-refractivity contribution in [1.82, 2.24) is 10.3 Å². The number of aromatic amines is 1. The normalized spacial score (nSPS) is 24.5. The van der Waals surface area contributed by atoms with E-state index in [0.717, 1.165) is 19.4 Å². The van der Waals surface area contributed by atoms with E-state index in [9.17, 15) is 0 Å². The molecule has 3 nitrogen and oxygen atoms in total. The average molecular weight is 243 g/mol. The van der Waals surface area contributed by atoms with Crippen LogP contribution in [0, 0.1) is 0 Å². The fourth-order valence-corrected chi connectivity index (χ4v) is 2.86. The van der Waals surface area contributed by atoms with E-state index in [1.54, 1.807) is 0 Å². The highest BCUT2D eigenvalue weighted by Crippen LogP contribution is 2.20. The van der Waals surface area contributed by atoms with E-state index >= 15 is 0 Å². The third-order valence-corrected chi connectivity index (χ3v) is 4.03. The van der Waals surface area contributed by atoms with Crippen LogP contribution < -0.4 is 11.1 Å². The van der Waals surface area contributed by atoms with Gasteiger partial charge in [-0.15, -0.1) is 0 Å². The van der Waals surface area contributed by atoms with Crippen molar-refractivity contribution in [2.75, 3.05) is 0 Å². The van der Waals surface area contributed by atoms with Crippen LogP contribution in [-0.2, 0) is 6.54 Å². The van der Waals surface area contributed by atoms with Gasteiger partial charge in [0.2, 0.25) is 0 Å². The van der Waals surface area contributed by atoms with Gasteiger partial charge in [0.25, 0.3) is 0 Å². The number of aromatic nitrogens is 1. The monoisotopic (exact) mass is 243 g/mol. The number of para-hydroxylation sites is 1. The standard InChI is InChI=1S/C15H21N3/c16-12-5-7-13(8-6-12)17-9-11-10-18-15-4-2-1-3-14(11)15/h1-4,10,12-13,17-18H,5-9,16H2. The smallest absolute Gasteiger partial charge is 0.0457 e. The first-order chi connectivity index (χ1) is 8.83. The molecule has 3 rings (SSSR count). The van der Waals surface area contributed by atoms with Gasteiger partial charge >= 0.3 is 0 Å². The van der Waals surface area contributed by atoms with E-state index < -0.39 is 0 Å². The van der Waals surface area contributed by atoms with Gasteiger partial charge in [-0.3, -0.25) is 0 Å². The van der Waals surface area contributed by atoms with Crippen molar-refractivity contribution in [3.05, 3.63) is 36.0 Å². The second-order valence-corrected chi connectivity index (χ2v) is 5.35. The van der Waals surface area contributed by atoms with Crippen molar-refractivity contribution in [3.63, 3.8) is 0 Å². The number of H-pyrrole nitrogens is 1. The molecule has 0 saturated heterocycles. The second-order valence-electron chi connectivity index (χ2n) is 5.35. The lowest BCUT2D eigenvalue weighted by Crippen LogP contribution is -2.36. The fraction of sp³-hybridized carbons (Fsp3) is 0.467. The Hall–Kier alpha value is -1.32. The summed E-state index contributed by atoms with van der Waals surface area (Å²) >= 11 is 0. The molecule has 0 spiro atoms. The fourth-order valence-electron chi connectivity index (χ4n) is 2.86. The second kappa shape index (κ2) is 5.12. The topological polar surface area (TPSA) is 53.8 Å². The number of rotatable bonds is 3. The Labute approximate surface area is 108 Å². The molecule has 0 unspecified atom stereocenters. The highest BCUT2D eigenvalue weighted by atomic mass is 14.9. The van der Waals surface area contributed by atoms with Crippen molar-refractivity contribution in [2.45, 2.75) is 44.3 Å². The minimum absolute atomic E-state index is 0.427. The van der Waals surface area contributed by atoms with Crippen LogP contribution in [0.25, 0.3) is 10.9 Å². The third-order valence-electron chi connectivity index (χ3n) is 4.03. The summed E-state index contributed by atoms with van der Waals surface area (Å²) in [6.45, 7) is 0.948. The molecule has 4 N–H and O–H groups in total. The van der Waals surface area contributed by atoms with Crippen molar-refractivity contribution in [3.8, 4) is 0 Å². The number of nitrogens with two attached hydrogens (primary N) is 1. The summed E-state index contributed by atoms with van der Waals surface area (Å²) < 4.78 is 0. The lowest BCUT2D eigenvalue weighted by Gasteiger charge is -2.26. The van der Waals surface area contributed by atoms with Crippen LogP contribution >= 0.6 is 0 Å². The highest BCUT2D eigenvalue weighted by Gasteiger charge is 2.18. The van der Waals surface area contributed by atoms with Crippen LogP contribution in [0.1, 0.15) is 31.2 Å². The predicted octanol–water partition coefficient (Wildman–Crippen LogP) is 2.53. The summed E-state index contributed by atoms with van der Waals surface area (Å²) in [5, 5.41) is 4.99. The van der Waals surface area contributed by atoms with Crippen molar-refractivity contribution in [2.24, 2.45) is 5.73 Å². The van der Waals surface area contributed by atoms with Gasteiger partial charge in [0, 0.05) is 35.7 Å². The zero-order valence-corrected chi connectivity index (χ0v) is 10.7. The van der Waals surface area contributed by atoms with E-state index in [2.05, 4.69) is 40.8 Å². The molecule has 1 aromatic carbocycles. The lowest BCUT2D eigenvalue weighted by molar-refractivity contribution is 0.342. The summed E-state index contributed by atoms with van der Waals surface area (Å²) in [5.74, 6) is 0. The van der Waals surface area contributed by atoms with Gasteiger partial charge in [-0.2, -0.15) is 0 Å². The largest absolute Gasteiger partial charge is 0.361 e. The van der Waals surface area contributed by atoms with E-state index in [1.165, 1.54) is 29.3 Å². The van der Waals surface area contributed by atoms with Crippen LogP contribution in [0.5, 0.6) is 0 Å². The maximum Gasteiger partial charge on any atom is 0.0457 e. The van der Waals surface area contributed by atoms with Crippen molar-refractivity contribution < 1.29 is 0 Å². The SMILES string of the molecule is NC1CCC(NCc2c[nH]c3ccccc23)CC1. The number of nitrogens with one attached hydrogen (secondary N) is 2. The van der Waals surface area contributed by atoms with Crippen LogP contribution in [0.15, 0.2) is 30.5 Å². The van der Waals surface area contributed by atoms with Crippen molar-refractivity contribution in [1.29, 1.82) is 0 Å². The van der Waals surface area contributed by atoms with E-state index in [-0.39, 0.29) is 0 Å². The molecule has 0 bridgehead atoms. The van der Waals surface area contributed by atoms with Crippen LogP contribution in [0.4, 0.5) is 0 Å². The molecule has 1 heterocycles. The molecule has 2 aromatic rings. The summed E-state index contributed by atoms with van der Waals surface area (Å²) in [5.41, 5.74) is 8.51. The summed E-state index contributed by atoms with van der Waals surface area (Å²) in [4.78, 5) is 3.32. The Morgan fingerprint density at radius 3 is 2.78 bits per heavy atom. The maximum atomic E-state index is 5.93. The van der Waals surface area contributed by atoms with Crippen LogP contribution in [0.3, 0.4) is 0 Å². The molecule has 0 amide bonds. The Morgan fingerprint density at radius 2 is 1.94 bits per heavy atom.